The molecule has 2 aromatic carbocycles. The number of piperidine rings is 1. The smallest absolute Gasteiger partial charge is 0.360 e. The van der Waals surface area contributed by atoms with Gasteiger partial charge in [0.2, 0.25) is 0 Å². The monoisotopic (exact) mass is 445 g/mol. The molecular formula is C27H31N3O3. The van der Waals surface area contributed by atoms with Crippen LogP contribution in [0.4, 0.5) is 5.69 Å². The molecule has 6 nitrogen and oxygen atoms in total. The molecule has 0 atom stereocenters. The summed E-state index contributed by atoms with van der Waals surface area (Å²) < 4.78 is 11.5. The maximum absolute atomic E-state index is 12.9. The van der Waals surface area contributed by atoms with Crippen molar-refractivity contribution in [1.82, 2.24) is 5.01 Å². The summed E-state index contributed by atoms with van der Waals surface area (Å²) in [5, 5.41) is 6.15. The van der Waals surface area contributed by atoms with Crippen molar-refractivity contribution in [1.29, 1.82) is 0 Å². The third-order valence-electron chi connectivity index (χ3n) is 6.01. The molecule has 33 heavy (non-hydrogen) atoms. The van der Waals surface area contributed by atoms with Crippen LogP contribution in [0.5, 0.6) is 0 Å². The summed E-state index contributed by atoms with van der Waals surface area (Å²) in [6, 6.07) is 16.3. The molecule has 1 fully saturated rings. The number of methoxy groups -OCH3 is 1. The predicted molar refractivity (Wildman–Crippen MR) is 132 cm³/mol. The number of allylic oxidation sites excluding steroid dienone is 1. The summed E-state index contributed by atoms with van der Waals surface area (Å²) in [6.07, 6.45) is 7.34. The van der Waals surface area contributed by atoms with Crippen LogP contribution in [0.15, 0.2) is 65.4 Å². The molecule has 2 heterocycles. The highest BCUT2D eigenvalue weighted by atomic mass is 16.5. The number of hydrogen-bond acceptors (Lipinski definition) is 6. The number of hydrazone groups is 1. The van der Waals surface area contributed by atoms with Crippen molar-refractivity contribution in [2.75, 3.05) is 25.1 Å². The van der Waals surface area contributed by atoms with E-state index in [1.165, 1.54) is 32.1 Å². The van der Waals surface area contributed by atoms with Crippen molar-refractivity contribution in [2.24, 2.45) is 5.10 Å². The number of esters is 1. The van der Waals surface area contributed by atoms with E-state index in [4.69, 9.17) is 9.47 Å². The maximum Gasteiger partial charge on any atom is 0.360 e. The van der Waals surface area contributed by atoms with Gasteiger partial charge in [-0.15, -0.1) is 0 Å². The van der Waals surface area contributed by atoms with Crippen molar-refractivity contribution in [3.8, 4) is 0 Å². The van der Waals surface area contributed by atoms with Gasteiger partial charge in [-0.05, 0) is 56.9 Å². The minimum atomic E-state index is -0.492. The Morgan fingerprint density at radius 3 is 2.45 bits per heavy atom. The van der Waals surface area contributed by atoms with Crippen LogP contribution in [-0.2, 0) is 20.9 Å². The lowest BCUT2D eigenvalue weighted by molar-refractivity contribution is -0.137. The number of nitrogens with zero attached hydrogens (tertiary/aromatic N) is 3. The van der Waals surface area contributed by atoms with Crippen LogP contribution in [0.3, 0.4) is 0 Å². The average molecular weight is 446 g/mol. The SMILES string of the molecule is C/C=N\N1C(C(=O)OC)=C(OCc2ccccc2)c2ccc(N3CCCCC3)cc2/C1=C\C. The van der Waals surface area contributed by atoms with Crippen molar-refractivity contribution in [3.05, 3.63) is 77.0 Å². The molecule has 0 saturated carbocycles. The number of anilines is 1. The number of fused-ring (bicyclic) bond motifs is 1. The van der Waals surface area contributed by atoms with Crippen LogP contribution >= 0.6 is 0 Å². The fraction of sp³-hybridized carbons (Fsp3) is 0.333. The van der Waals surface area contributed by atoms with E-state index in [-0.39, 0.29) is 5.70 Å². The summed E-state index contributed by atoms with van der Waals surface area (Å²) in [6.45, 7) is 6.23. The second-order valence-electron chi connectivity index (χ2n) is 8.08. The van der Waals surface area contributed by atoms with Crippen molar-refractivity contribution in [2.45, 2.75) is 39.7 Å². The Kier molecular flexibility index (Phi) is 7.13. The summed E-state index contributed by atoms with van der Waals surface area (Å²) in [5.41, 5.74) is 5.15. The quantitative estimate of drug-likeness (QED) is 0.439. The molecule has 0 aromatic heterocycles. The standard InChI is InChI=1S/C27H31N3O3/c1-4-24-23-18-21(29-16-10-7-11-17-29)14-15-22(23)26(33-19-20-12-8-6-9-13-20)25(27(31)32-3)30(24)28-5-2/h4-6,8-9,12-15,18H,7,10-11,16-17,19H2,1-3H3/b24-4+,28-5-. The van der Waals surface area contributed by atoms with Gasteiger partial charge < -0.3 is 14.4 Å². The number of hydrogen-bond donors (Lipinski definition) is 0. The second kappa shape index (κ2) is 10.4. The third kappa shape index (κ3) is 4.65. The number of carbonyl (C=O) groups excluding carboxylic acids is 1. The highest BCUT2D eigenvalue weighted by Crippen LogP contribution is 2.42. The molecule has 2 aromatic rings. The lowest BCUT2D eigenvalue weighted by Gasteiger charge is -2.34. The van der Waals surface area contributed by atoms with E-state index in [9.17, 15) is 4.79 Å². The normalized spacial score (nSPS) is 17.5. The fourth-order valence-corrected chi connectivity index (χ4v) is 4.41. The lowest BCUT2D eigenvalue weighted by Crippen LogP contribution is -2.31. The molecule has 6 heteroatoms. The van der Waals surface area contributed by atoms with Gasteiger partial charge in [0.05, 0.1) is 12.8 Å². The van der Waals surface area contributed by atoms with Crippen LogP contribution in [0.25, 0.3) is 11.5 Å². The number of benzene rings is 2. The van der Waals surface area contributed by atoms with Gasteiger partial charge in [-0.25, -0.2) is 9.80 Å². The highest BCUT2D eigenvalue weighted by Gasteiger charge is 2.35. The van der Waals surface area contributed by atoms with Crippen LogP contribution in [0.1, 0.15) is 49.8 Å². The molecule has 172 valence electrons. The van der Waals surface area contributed by atoms with Gasteiger partial charge in [-0.2, -0.15) is 5.10 Å². The zero-order chi connectivity index (χ0) is 23.2. The van der Waals surface area contributed by atoms with Crippen LogP contribution in [0, 0.1) is 0 Å². The molecule has 1 saturated heterocycles. The Morgan fingerprint density at radius 2 is 1.79 bits per heavy atom. The van der Waals surface area contributed by atoms with Gasteiger partial charge in [-0.1, -0.05) is 36.4 Å². The third-order valence-corrected chi connectivity index (χ3v) is 6.01. The number of carbonyl (C=O) groups is 1. The van der Waals surface area contributed by atoms with E-state index in [0.717, 1.165) is 35.5 Å². The summed E-state index contributed by atoms with van der Waals surface area (Å²) in [5.74, 6) is -0.0177. The Morgan fingerprint density at radius 1 is 1.03 bits per heavy atom. The summed E-state index contributed by atoms with van der Waals surface area (Å²) >= 11 is 0. The molecule has 0 bridgehead atoms. The second-order valence-corrected chi connectivity index (χ2v) is 8.08. The maximum atomic E-state index is 12.9. The molecule has 2 aliphatic rings. The first-order chi connectivity index (χ1) is 16.2. The van der Waals surface area contributed by atoms with E-state index < -0.39 is 5.97 Å². The lowest BCUT2D eigenvalue weighted by atomic mass is 9.95. The molecule has 0 radical (unpaired) electrons. The first kappa shape index (κ1) is 22.6. The van der Waals surface area contributed by atoms with Gasteiger partial charge in [0.15, 0.2) is 11.5 Å². The Bertz CT molecular complexity index is 1080. The largest absolute Gasteiger partial charge is 0.486 e. The Hall–Kier alpha value is -3.54. The predicted octanol–water partition coefficient (Wildman–Crippen LogP) is 5.42. The zero-order valence-electron chi connectivity index (χ0n) is 19.6. The van der Waals surface area contributed by atoms with Gasteiger partial charge in [0.25, 0.3) is 0 Å². The molecule has 0 spiro atoms. The van der Waals surface area contributed by atoms with E-state index in [0.29, 0.717) is 12.4 Å². The highest BCUT2D eigenvalue weighted by molar-refractivity contribution is 6.01. The van der Waals surface area contributed by atoms with E-state index in [2.05, 4.69) is 28.2 Å². The van der Waals surface area contributed by atoms with E-state index >= 15 is 0 Å². The summed E-state index contributed by atoms with van der Waals surface area (Å²) in [7, 11) is 1.38. The van der Waals surface area contributed by atoms with Crippen molar-refractivity contribution < 1.29 is 14.3 Å². The van der Waals surface area contributed by atoms with Gasteiger partial charge in [0, 0.05) is 36.1 Å². The molecule has 0 N–H and O–H groups in total. The molecule has 0 unspecified atom stereocenters. The minimum absolute atomic E-state index is 0.276. The van der Waals surface area contributed by atoms with Crippen LogP contribution in [0.2, 0.25) is 0 Å². The van der Waals surface area contributed by atoms with Crippen LogP contribution < -0.4 is 4.90 Å². The first-order valence-electron chi connectivity index (χ1n) is 11.5. The van der Waals surface area contributed by atoms with Crippen molar-refractivity contribution >= 4 is 29.3 Å². The van der Waals surface area contributed by atoms with Gasteiger partial charge >= 0.3 is 5.97 Å². The number of ether oxygens (including phenoxy) is 2. The molecule has 0 aliphatic carbocycles. The molecule has 4 rings (SSSR count). The average Bonchev–Trinajstić information content (AvgIpc) is 2.87. The minimum Gasteiger partial charge on any atom is -0.486 e. The zero-order valence-corrected chi connectivity index (χ0v) is 19.6. The molecular weight excluding hydrogens is 414 g/mol. The number of rotatable bonds is 6. The van der Waals surface area contributed by atoms with Gasteiger partial charge in [0.1, 0.15) is 6.61 Å². The van der Waals surface area contributed by atoms with E-state index in [1.807, 2.05) is 50.3 Å². The van der Waals surface area contributed by atoms with E-state index in [1.54, 1.807) is 11.2 Å². The van der Waals surface area contributed by atoms with Gasteiger partial charge in [-0.3, -0.25) is 0 Å². The fourth-order valence-electron chi connectivity index (χ4n) is 4.41. The Balaban J connectivity index is 1.84. The molecule has 0 amide bonds. The van der Waals surface area contributed by atoms with Crippen molar-refractivity contribution in [3.63, 3.8) is 0 Å². The molecule has 2 aliphatic heterocycles. The topological polar surface area (TPSA) is 54.4 Å². The van der Waals surface area contributed by atoms with Crippen LogP contribution in [-0.4, -0.2) is 37.4 Å². The summed E-state index contributed by atoms with van der Waals surface area (Å²) in [4.78, 5) is 15.4. The first-order valence-corrected chi connectivity index (χ1v) is 11.5. The Labute approximate surface area is 195 Å².